The summed E-state index contributed by atoms with van der Waals surface area (Å²) in [5, 5.41) is 3.51. The summed E-state index contributed by atoms with van der Waals surface area (Å²) in [5.74, 6) is 0. The fourth-order valence-electron chi connectivity index (χ4n) is 2.40. The lowest BCUT2D eigenvalue weighted by molar-refractivity contribution is 0.335. The van der Waals surface area contributed by atoms with Crippen LogP contribution in [0.5, 0.6) is 0 Å². The van der Waals surface area contributed by atoms with Gasteiger partial charge in [-0.15, -0.1) is 0 Å². The Morgan fingerprint density at radius 3 is 2.88 bits per heavy atom. The lowest BCUT2D eigenvalue weighted by Crippen LogP contribution is -2.30. The van der Waals surface area contributed by atoms with Gasteiger partial charge in [0.2, 0.25) is 0 Å². The number of nitrogens with one attached hydrogen (secondary N) is 1. The van der Waals surface area contributed by atoms with Crippen LogP contribution in [0.25, 0.3) is 0 Å². The van der Waals surface area contributed by atoms with Gasteiger partial charge >= 0.3 is 0 Å². The Balaban J connectivity index is 1.65. The Bertz CT molecular complexity index is 315. The van der Waals surface area contributed by atoms with E-state index >= 15 is 0 Å². The Kier molecular flexibility index (Phi) is 5.01. The predicted octanol–water partition coefficient (Wildman–Crippen LogP) is 1.48. The summed E-state index contributed by atoms with van der Waals surface area (Å²) in [7, 11) is 0. The molecule has 1 N–H and O–H groups in total. The summed E-state index contributed by atoms with van der Waals surface area (Å²) in [6, 6.07) is 0. The highest BCUT2D eigenvalue weighted by Crippen LogP contribution is 2.05. The summed E-state index contributed by atoms with van der Waals surface area (Å²) in [6.45, 7) is 9.05. The molecule has 1 fully saturated rings. The maximum atomic E-state index is 4.21. The maximum absolute atomic E-state index is 4.21. The van der Waals surface area contributed by atoms with Crippen molar-refractivity contribution in [1.29, 1.82) is 0 Å². The van der Waals surface area contributed by atoms with E-state index in [-0.39, 0.29) is 0 Å². The molecule has 1 aliphatic rings. The monoisotopic (exact) mass is 236 g/mol. The van der Waals surface area contributed by atoms with Gasteiger partial charge in [-0.1, -0.05) is 6.92 Å². The van der Waals surface area contributed by atoms with Gasteiger partial charge in [-0.05, 0) is 32.4 Å². The van der Waals surface area contributed by atoms with Crippen LogP contribution in [0, 0.1) is 0 Å². The first-order valence-corrected chi connectivity index (χ1v) is 6.82. The molecule has 0 saturated carbocycles. The Morgan fingerprint density at radius 1 is 1.29 bits per heavy atom. The van der Waals surface area contributed by atoms with E-state index in [0.717, 1.165) is 26.1 Å². The van der Waals surface area contributed by atoms with Gasteiger partial charge in [0.25, 0.3) is 0 Å². The van der Waals surface area contributed by atoms with Gasteiger partial charge in [-0.3, -0.25) is 0 Å². The molecule has 0 aliphatic carbocycles. The average Bonchev–Trinajstić information content (AvgIpc) is 2.96. The maximum Gasteiger partial charge on any atom is 0.0948 e. The number of hydrogen-bond donors (Lipinski definition) is 1. The molecule has 0 spiro atoms. The van der Waals surface area contributed by atoms with E-state index in [0.29, 0.717) is 0 Å². The molecule has 2 rings (SSSR count). The second-order valence-electron chi connectivity index (χ2n) is 4.80. The van der Waals surface area contributed by atoms with Gasteiger partial charge in [0.05, 0.1) is 12.0 Å². The summed E-state index contributed by atoms with van der Waals surface area (Å²) >= 11 is 0. The zero-order valence-electron chi connectivity index (χ0n) is 10.9. The Labute approximate surface area is 104 Å². The third kappa shape index (κ3) is 3.82. The van der Waals surface area contributed by atoms with Crippen molar-refractivity contribution in [2.75, 3.05) is 26.2 Å². The minimum Gasteiger partial charge on any atom is -0.333 e. The molecule has 96 valence electrons. The number of likely N-dealkylation sites (tertiary alicyclic amines) is 1. The van der Waals surface area contributed by atoms with E-state index in [2.05, 4.69) is 26.7 Å². The molecule has 1 aromatic rings. The Morgan fingerprint density at radius 2 is 2.12 bits per heavy atom. The predicted molar refractivity (Wildman–Crippen MR) is 69.9 cm³/mol. The highest BCUT2D eigenvalue weighted by Gasteiger charge is 2.10. The summed E-state index contributed by atoms with van der Waals surface area (Å²) in [5.41, 5.74) is 1.30. The van der Waals surface area contributed by atoms with Crippen molar-refractivity contribution < 1.29 is 0 Å². The number of imidazole rings is 1. The minimum absolute atomic E-state index is 0.938. The molecule has 0 bridgehead atoms. The zero-order chi connectivity index (χ0) is 11.9. The standard InChI is InChI=1S/C13H24N4/c1-2-6-17-12-15-11-13(17)10-14-5-9-16-7-3-4-8-16/h11-12,14H,2-10H2,1H3. The average molecular weight is 236 g/mol. The van der Waals surface area contributed by atoms with Crippen LogP contribution in [0.3, 0.4) is 0 Å². The molecule has 1 saturated heterocycles. The largest absolute Gasteiger partial charge is 0.333 e. The van der Waals surface area contributed by atoms with Crippen molar-refractivity contribution in [3.63, 3.8) is 0 Å². The lowest BCUT2D eigenvalue weighted by atomic mass is 10.4. The Hall–Kier alpha value is -0.870. The molecule has 4 heteroatoms. The highest BCUT2D eigenvalue weighted by atomic mass is 15.2. The van der Waals surface area contributed by atoms with Crippen LogP contribution in [0.15, 0.2) is 12.5 Å². The number of aryl methyl sites for hydroxylation is 1. The van der Waals surface area contributed by atoms with E-state index in [4.69, 9.17) is 0 Å². The van der Waals surface area contributed by atoms with Gasteiger partial charge in [0, 0.05) is 32.4 Å². The van der Waals surface area contributed by atoms with Gasteiger partial charge in [-0.25, -0.2) is 4.98 Å². The quantitative estimate of drug-likeness (QED) is 0.728. The smallest absolute Gasteiger partial charge is 0.0948 e. The third-order valence-electron chi connectivity index (χ3n) is 3.37. The third-order valence-corrected chi connectivity index (χ3v) is 3.37. The van der Waals surface area contributed by atoms with E-state index in [1.807, 2.05) is 12.5 Å². The second kappa shape index (κ2) is 6.77. The molecule has 1 aromatic heterocycles. The summed E-state index contributed by atoms with van der Waals surface area (Å²) in [4.78, 5) is 6.75. The fraction of sp³-hybridized carbons (Fsp3) is 0.769. The number of rotatable bonds is 7. The van der Waals surface area contributed by atoms with E-state index < -0.39 is 0 Å². The molecule has 1 aliphatic heterocycles. The molecule has 0 atom stereocenters. The number of aromatic nitrogens is 2. The van der Waals surface area contributed by atoms with Crippen molar-refractivity contribution in [3.05, 3.63) is 18.2 Å². The van der Waals surface area contributed by atoms with Crippen LogP contribution < -0.4 is 5.32 Å². The van der Waals surface area contributed by atoms with Gasteiger partial charge in [0.1, 0.15) is 0 Å². The summed E-state index contributed by atoms with van der Waals surface area (Å²) in [6.07, 6.45) is 7.82. The summed E-state index contributed by atoms with van der Waals surface area (Å²) < 4.78 is 2.24. The van der Waals surface area contributed by atoms with E-state index in [1.54, 1.807) is 0 Å². The van der Waals surface area contributed by atoms with Crippen LogP contribution >= 0.6 is 0 Å². The van der Waals surface area contributed by atoms with Gasteiger partial charge in [0.15, 0.2) is 0 Å². The van der Waals surface area contributed by atoms with Crippen LogP contribution in [-0.2, 0) is 13.1 Å². The first kappa shape index (κ1) is 12.6. The first-order chi connectivity index (χ1) is 8.40. The van der Waals surface area contributed by atoms with Crippen molar-refractivity contribution in [1.82, 2.24) is 19.8 Å². The topological polar surface area (TPSA) is 33.1 Å². The van der Waals surface area contributed by atoms with Crippen LogP contribution in [0.2, 0.25) is 0 Å². The highest BCUT2D eigenvalue weighted by molar-refractivity contribution is 4.97. The molecule has 17 heavy (non-hydrogen) atoms. The molecule has 2 heterocycles. The molecule has 4 nitrogen and oxygen atoms in total. The van der Waals surface area contributed by atoms with Crippen molar-refractivity contribution >= 4 is 0 Å². The SMILES string of the molecule is CCCn1cncc1CNCCN1CCCC1. The number of hydrogen-bond acceptors (Lipinski definition) is 3. The minimum atomic E-state index is 0.938. The van der Waals surface area contributed by atoms with Gasteiger partial charge < -0.3 is 14.8 Å². The van der Waals surface area contributed by atoms with E-state index in [9.17, 15) is 0 Å². The van der Waals surface area contributed by atoms with Crippen molar-refractivity contribution in [3.8, 4) is 0 Å². The van der Waals surface area contributed by atoms with Crippen molar-refractivity contribution in [2.45, 2.75) is 39.3 Å². The molecule has 0 unspecified atom stereocenters. The van der Waals surface area contributed by atoms with E-state index in [1.165, 1.54) is 38.2 Å². The molecule has 0 radical (unpaired) electrons. The number of nitrogens with zero attached hydrogens (tertiary/aromatic N) is 3. The first-order valence-electron chi connectivity index (χ1n) is 6.82. The lowest BCUT2D eigenvalue weighted by Gasteiger charge is -2.15. The second-order valence-corrected chi connectivity index (χ2v) is 4.80. The molecule has 0 aromatic carbocycles. The van der Waals surface area contributed by atoms with Crippen molar-refractivity contribution in [2.24, 2.45) is 0 Å². The van der Waals surface area contributed by atoms with Crippen LogP contribution in [-0.4, -0.2) is 40.6 Å². The van der Waals surface area contributed by atoms with Crippen LogP contribution in [0.1, 0.15) is 31.9 Å². The van der Waals surface area contributed by atoms with Crippen LogP contribution in [0.4, 0.5) is 0 Å². The fourth-order valence-corrected chi connectivity index (χ4v) is 2.40. The zero-order valence-corrected chi connectivity index (χ0v) is 10.9. The molecular weight excluding hydrogens is 212 g/mol. The molecule has 0 amide bonds. The molecular formula is C13H24N4. The normalized spacial score (nSPS) is 16.8. The van der Waals surface area contributed by atoms with Gasteiger partial charge in [-0.2, -0.15) is 0 Å².